The molecule has 2 fully saturated rings. The largest absolute Gasteiger partial charge is 0.469 e. The van der Waals surface area contributed by atoms with Gasteiger partial charge in [0.25, 0.3) is 5.19 Å². The van der Waals surface area contributed by atoms with Crippen LogP contribution < -0.4 is 15.8 Å². The highest BCUT2D eigenvalue weighted by atomic mass is 32.1. The number of carbonyl (C=O) groups excluding carboxylic acids is 3. The lowest BCUT2D eigenvalue weighted by Crippen LogP contribution is -2.49. The number of nitrogens with one attached hydrogen (secondary N) is 1. The molecule has 9 nitrogen and oxygen atoms in total. The Bertz CT molecular complexity index is 1490. The van der Waals surface area contributed by atoms with Crippen LogP contribution in [0.15, 0.2) is 42.5 Å². The topological polar surface area (TPSA) is 124 Å². The standard InChI is InChI=1S/C33H40F2N4O5S/c1-19(22-17-23(22)32(42)43-2)9-5-3-4-6-11-27(37-20-13-14-24(34)25(35)15-20)31(41)39-18-21(16-28(39)30(36)40)44-33-38-26-10-7-8-12-29(26)45-33/h7-8,10,12-15,19,21-23,27-28,37H,3-6,9,11,16-18H2,1-2H3,(H2,36,40)/t19?,21-,22+,23+,27+,28+/m1/s1. The van der Waals surface area contributed by atoms with Gasteiger partial charge in [0.2, 0.25) is 11.8 Å². The van der Waals surface area contributed by atoms with Crippen molar-refractivity contribution in [1.82, 2.24) is 9.88 Å². The number of halogens is 2. The summed E-state index contributed by atoms with van der Waals surface area (Å²) in [7, 11) is 1.43. The van der Waals surface area contributed by atoms with E-state index in [1.807, 2.05) is 24.3 Å². The molecule has 0 radical (unpaired) electrons. The van der Waals surface area contributed by atoms with Crippen LogP contribution in [0.5, 0.6) is 5.19 Å². The number of hydrogen-bond donors (Lipinski definition) is 2. The summed E-state index contributed by atoms with van der Waals surface area (Å²) in [5.41, 5.74) is 6.80. The van der Waals surface area contributed by atoms with Crippen molar-refractivity contribution in [2.75, 3.05) is 19.0 Å². The van der Waals surface area contributed by atoms with E-state index in [2.05, 4.69) is 17.2 Å². The van der Waals surface area contributed by atoms with Crippen LogP contribution in [-0.2, 0) is 19.1 Å². The van der Waals surface area contributed by atoms with Crippen LogP contribution in [0.25, 0.3) is 10.2 Å². The van der Waals surface area contributed by atoms with E-state index in [0.29, 0.717) is 29.9 Å². The molecule has 1 aliphatic carbocycles. The zero-order chi connectivity index (χ0) is 32.1. The first-order valence-corrected chi connectivity index (χ1v) is 16.4. The predicted molar refractivity (Wildman–Crippen MR) is 168 cm³/mol. The van der Waals surface area contributed by atoms with Crippen LogP contribution in [0, 0.1) is 29.4 Å². The molecule has 1 aliphatic heterocycles. The minimum Gasteiger partial charge on any atom is -0.469 e. The Balaban J connectivity index is 1.19. The summed E-state index contributed by atoms with van der Waals surface area (Å²) in [6.07, 6.45) is 5.60. The fourth-order valence-electron chi connectivity index (χ4n) is 6.33. The van der Waals surface area contributed by atoms with E-state index in [4.69, 9.17) is 15.2 Å². The highest BCUT2D eigenvalue weighted by Gasteiger charge is 2.46. The van der Waals surface area contributed by atoms with E-state index >= 15 is 0 Å². The van der Waals surface area contributed by atoms with Gasteiger partial charge in [-0.25, -0.2) is 13.8 Å². The van der Waals surface area contributed by atoms with E-state index in [1.54, 1.807) is 0 Å². The third-order valence-electron chi connectivity index (χ3n) is 8.95. The Kier molecular flexibility index (Phi) is 10.5. The number of benzene rings is 2. The second-order valence-electron chi connectivity index (χ2n) is 12.2. The van der Waals surface area contributed by atoms with Crippen molar-refractivity contribution in [2.45, 2.75) is 76.5 Å². The molecule has 2 heterocycles. The fourth-order valence-corrected chi connectivity index (χ4v) is 7.21. The van der Waals surface area contributed by atoms with Gasteiger partial charge in [-0.15, -0.1) is 0 Å². The molecular weight excluding hydrogens is 602 g/mol. The van der Waals surface area contributed by atoms with Crippen molar-refractivity contribution < 1.29 is 32.6 Å². The number of esters is 1. The molecule has 0 spiro atoms. The molecule has 242 valence electrons. The summed E-state index contributed by atoms with van der Waals surface area (Å²) in [4.78, 5) is 44.1. The number of methoxy groups -OCH3 is 1. The number of nitrogens with zero attached hydrogens (tertiary/aromatic N) is 2. The number of unbranched alkanes of at least 4 members (excludes halogenated alkanes) is 3. The molecule has 6 atom stereocenters. The van der Waals surface area contributed by atoms with Crippen molar-refractivity contribution in [3.63, 3.8) is 0 Å². The third kappa shape index (κ3) is 8.08. The fraction of sp³-hybridized carbons (Fsp3) is 0.515. The number of aromatic nitrogens is 1. The first-order chi connectivity index (χ1) is 21.6. The highest BCUT2D eigenvalue weighted by molar-refractivity contribution is 7.20. The van der Waals surface area contributed by atoms with Crippen LogP contribution in [-0.4, -0.2) is 59.5 Å². The van der Waals surface area contributed by atoms with Crippen molar-refractivity contribution >= 4 is 45.0 Å². The number of fused-ring (bicyclic) bond motifs is 1. The maximum Gasteiger partial charge on any atom is 0.308 e. The van der Waals surface area contributed by atoms with Crippen LogP contribution in [0.4, 0.5) is 14.5 Å². The maximum atomic E-state index is 14.0. The zero-order valence-electron chi connectivity index (χ0n) is 25.5. The predicted octanol–water partition coefficient (Wildman–Crippen LogP) is 5.67. The summed E-state index contributed by atoms with van der Waals surface area (Å²) < 4.78 is 39.6. The number of primary amides is 1. The van der Waals surface area contributed by atoms with Crippen LogP contribution in [0.3, 0.4) is 0 Å². The normalized spacial score (nSPS) is 22.2. The average molecular weight is 643 g/mol. The molecule has 45 heavy (non-hydrogen) atoms. The van der Waals surface area contributed by atoms with Crippen LogP contribution in [0.2, 0.25) is 0 Å². The number of ether oxygens (including phenoxy) is 2. The summed E-state index contributed by atoms with van der Waals surface area (Å²) in [6.45, 7) is 2.32. The maximum absolute atomic E-state index is 14.0. The minimum atomic E-state index is -1.02. The first-order valence-electron chi connectivity index (χ1n) is 15.6. The number of carbonyl (C=O) groups is 3. The molecule has 3 aromatic rings. The Morgan fingerprint density at radius 2 is 1.82 bits per heavy atom. The van der Waals surface area contributed by atoms with Gasteiger partial charge in [-0.1, -0.05) is 62.5 Å². The summed E-state index contributed by atoms with van der Waals surface area (Å²) >= 11 is 1.39. The third-order valence-corrected chi connectivity index (χ3v) is 9.88. The van der Waals surface area contributed by atoms with Gasteiger partial charge in [-0.05, 0) is 48.9 Å². The van der Waals surface area contributed by atoms with E-state index in [1.165, 1.54) is 29.4 Å². The van der Waals surface area contributed by atoms with Gasteiger partial charge in [-0.3, -0.25) is 14.4 Å². The molecule has 5 rings (SSSR count). The molecule has 2 amide bonds. The Morgan fingerprint density at radius 1 is 1.07 bits per heavy atom. The van der Waals surface area contributed by atoms with Gasteiger partial charge in [0.15, 0.2) is 11.6 Å². The molecule has 12 heteroatoms. The van der Waals surface area contributed by atoms with E-state index in [9.17, 15) is 23.2 Å². The zero-order valence-corrected chi connectivity index (χ0v) is 26.4. The van der Waals surface area contributed by atoms with Crippen LogP contribution >= 0.6 is 11.3 Å². The van der Waals surface area contributed by atoms with Crippen molar-refractivity contribution in [2.24, 2.45) is 23.5 Å². The lowest BCUT2D eigenvalue weighted by atomic mass is 9.96. The SMILES string of the molecule is COC(=O)[C@H]1C[C@H]1C(C)CCCCCC[C@H](Nc1ccc(F)c(F)c1)C(=O)N1C[C@H](Oc2nc3ccccc3s2)C[C@H]1C(N)=O. The number of rotatable bonds is 15. The molecule has 1 saturated carbocycles. The second kappa shape index (κ2) is 14.5. The highest BCUT2D eigenvalue weighted by Crippen LogP contribution is 2.46. The quantitative estimate of drug-likeness (QED) is 0.162. The number of amides is 2. The average Bonchev–Trinajstić information content (AvgIpc) is 3.55. The van der Waals surface area contributed by atoms with Gasteiger partial charge >= 0.3 is 5.97 Å². The van der Waals surface area contributed by atoms with Crippen molar-refractivity contribution in [3.05, 3.63) is 54.1 Å². The van der Waals surface area contributed by atoms with Gasteiger partial charge < -0.3 is 25.4 Å². The summed E-state index contributed by atoms with van der Waals surface area (Å²) in [5, 5.41) is 3.52. The number of anilines is 1. The summed E-state index contributed by atoms with van der Waals surface area (Å²) in [6, 6.07) is 9.39. The molecule has 1 saturated heterocycles. The molecule has 2 aromatic carbocycles. The van der Waals surface area contributed by atoms with Gasteiger partial charge in [0, 0.05) is 18.2 Å². The number of likely N-dealkylation sites (tertiary alicyclic amines) is 1. The number of hydrogen-bond acceptors (Lipinski definition) is 8. The van der Waals surface area contributed by atoms with Gasteiger partial charge in [0.1, 0.15) is 18.2 Å². The molecule has 1 unspecified atom stereocenters. The monoisotopic (exact) mass is 642 g/mol. The minimum absolute atomic E-state index is 0.0279. The first kappa shape index (κ1) is 32.6. The molecule has 3 N–H and O–H groups in total. The number of para-hydroxylation sites is 1. The van der Waals surface area contributed by atoms with E-state index in [-0.39, 0.29) is 36.4 Å². The molecule has 2 aliphatic rings. The molecule has 1 aromatic heterocycles. The smallest absolute Gasteiger partial charge is 0.308 e. The Labute approximate surface area is 265 Å². The number of thiazole rings is 1. The molecule has 0 bridgehead atoms. The van der Waals surface area contributed by atoms with Gasteiger partial charge in [0.05, 0.1) is 29.8 Å². The lowest BCUT2D eigenvalue weighted by Gasteiger charge is -2.28. The Hall–Kier alpha value is -3.80. The Morgan fingerprint density at radius 3 is 2.53 bits per heavy atom. The summed E-state index contributed by atoms with van der Waals surface area (Å²) in [5.74, 6) is -2.25. The lowest BCUT2D eigenvalue weighted by molar-refractivity contribution is -0.142. The van der Waals surface area contributed by atoms with Crippen LogP contribution in [0.1, 0.15) is 58.3 Å². The molecular formula is C33H40F2N4O5S. The second-order valence-corrected chi connectivity index (χ2v) is 13.1. The van der Waals surface area contributed by atoms with E-state index in [0.717, 1.165) is 54.5 Å². The van der Waals surface area contributed by atoms with Gasteiger partial charge in [-0.2, -0.15) is 0 Å². The van der Waals surface area contributed by atoms with Crippen molar-refractivity contribution in [3.8, 4) is 5.19 Å². The van der Waals surface area contributed by atoms with E-state index < -0.39 is 35.7 Å². The number of nitrogens with two attached hydrogens (primary N) is 1. The van der Waals surface area contributed by atoms with Crippen molar-refractivity contribution in [1.29, 1.82) is 0 Å².